The van der Waals surface area contributed by atoms with E-state index in [9.17, 15) is 103 Å². The minimum atomic E-state index is -4.02. The molecule has 0 amide bonds. The van der Waals surface area contributed by atoms with E-state index in [2.05, 4.69) is 38.9 Å². The van der Waals surface area contributed by atoms with E-state index in [0.29, 0.717) is 43.9 Å². The molecule has 17 aromatic rings. The number of pyridine rings is 4. The highest BCUT2D eigenvalue weighted by molar-refractivity contribution is 6.19. The van der Waals surface area contributed by atoms with Gasteiger partial charge in [0.1, 0.15) is 63.3 Å². The molecule has 0 bridgehead atoms. The van der Waals surface area contributed by atoms with Gasteiger partial charge in [0.15, 0.2) is 23.0 Å². The van der Waals surface area contributed by atoms with Crippen LogP contribution in [-0.4, -0.2) is 95.1 Å². The summed E-state index contributed by atoms with van der Waals surface area (Å²) in [5.74, 6) is -10.8. The lowest BCUT2D eigenvalue weighted by Crippen LogP contribution is -2.26. The molecule has 126 heavy (non-hydrogen) atoms. The molecule has 0 unspecified atom stereocenters. The number of halogens is 10. The van der Waals surface area contributed by atoms with Crippen molar-refractivity contribution in [1.29, 1.82) is 0 Å². The van der Waals surface area contributed by atoms with Gasteiger partial charge < -0.3 is 82.0 Å². The molecular weight excluding hydrogens is 1670 g/mol. The summed E-state index contributed by atoms with van der Waals surface area (Å²) >= 11 is 0. The van der Waals surface area contributed by atoms with Gasteiger partial charge in [-0.1, -0.05) is 42.5 Å². The number of benzene rings is 8. The summed E-state index contributed by atoms with van der Waals surface area (Å²) in [5.41, 5.74) is 1.65. The number of hydrogen-bond donors (Lipinski definition) is 8. The van der Waals surface area contributed by atoms with Gasteiger partial charge in [-0.2, -0.15) is 0 Å². The minimum Gasteiger partial charge on any atom is -0.477 e. The Morgan fingerprint density at radius 3 is 1.11 bits per heavy atom. The van der Waals surface area contributed by atoms with Gasteiger partial charge in [-0.3, -0.25) is 19.2 Å². The third-order valence-corrected chi connectivity index (χ3v) is 21.6. The summed E-state index contributed by atoms with van der Waals surface area (Å²) in [5, 5.41) is 42.1. The largest absolute Gasteiger partial charge is 0.586 e. The van der Waals surface area contributed by atoms with Crippen LogP contribution in [-0.2, 0) is 39.0 Å². The first-order valence-corrected chi connectivity index (χ1v) is 38.0. The minimum absolute atomic E-state index is 0.00109. The van der Waals surface area contributed by atoms with Crippen LogP contribution in [0.25, 0.3) is 99.1 Å². The number of aromatic carboxylic acids is 4. The highest BCUT2D eigenvalue weighted by Gasteiger charge is 2.48. The average molecular weight is 1730 g/mol. The maximum atomic E-state index is 14.4. The van der Waals surface area contributed by atoms with Gasteiger partial charge >= 0.3 is 36.5 Å². The summed E-state index contributed by atoms with van der Waals surface area (Å²) in [6.45, 7) is -0.877. The Labute approximate surface area is 697 Å². The first kappa shape index (κ1) is 82.0. The Bertz CT molecular complexity index is 7660. The standard InChI is InChI=1S/C24H18F2N2O3.C23H15FN2O4.C22H12F4N2O5.C22H13F3N2O5/c25-15-7-8-18(26)14(11-15)12-28-19-9-6-13-3-1-4-16(13)20(19)21(22(28)24(30)31)17-5-2-10-27-23(17)29;24-16-6-2-1-4-13(16)12-26-17-7-8-18-14(9-11-30-18)19(17)20(21(26)23(28)29)15-5-3-10-25-22(15)27;23-11-3-4-13(24)10(8-11)9-28-14-5-6-15-19(33-22(25,26)32-15)17(14)16(18(28)21(30)31)12-2-1-7-27-20(12)29;23-13-6-2-1-4-11(13)10-27-14-7-8-15-19(32-22(24,25)31-15)17(14)16(18(27)21(29)30)12-5-3-9-26-20(12)28/h2,5-11H,1,3-4,12H2,(H,27,29)(H,30,31);1-11H,12H2,(H,25,27)(H,28,29);1-8H,9H2,(H,27,29)(H,30,31);1-9H,10H2,(H,26,28)(H,29,30). The highest BCUT2D eigenvalue weighted by atomic mass is 19.3. The van der Waals surface area contributed by atoms with Crippen molar-refractivity contribution in [1.82, 2.24) is 38.2 Å². The lowest BCUT2D eigenvalue weighted by atomic mass is 9.97. The smallest absolute Gasteiger partial charge is 0.477 e. The van der Waals surface area contributed by atoms with E-state index in [-0.39, 0.29) is 126 Å². The van der Waals surface area contributed by atoms with Gasteiger partial charge in [-0.25, -0.2) is 45.5 Å². The summed E-state index contributed by atoms with van der Waals surface area (Å²) in [7, 11) is 0. The molecule has 8 aromatic carbocycles. The number of aromatic amines is 4. The molecule has 9 aromatic heterocycles. The molecule has 0 radical (unpaired) electrons. The van der Waals surface area contributed by atoms with Crippen LogP contribution in [0.3, 0.4) is 0 Å². The van der Waals surface area contributed by atoms with Gasteiger partial charge in [0.05, 0.1) is 76.5 Å². The first-order valence-electron chi connectivity index (χ1n) is 38.0. The molecule has 25 nitrogen and oxygen atoms in total. The fourth-order valence-electron chi connectivity index (χ4n) is 16.4. The second kappa shape index (κ2) is 32.2. The van der Waals surface area contributed by atoms with E-state index in [1.54, 1.807) is 66.7 Å². The van der Waals surface area contributed by atoms with Crippen LogP contribution in [0.5, 0.6) is 23.0 Å². The van der Waals surface area contributed by atoms with Crippen LogP contribution in [0.4, 0.5) is 43.9 Å². The third-order valence-electron chi connectivity index (χ3n) is 21.6. The molecule has 3 aliphatic rings. The van der Waals surface area contributed by atoms with E-state index >= 15 is 0 Å². The second-order valence-corrected chi connectivity index (χ2v) is 28.9. The fourth-order valence-corrected chi connectivity index (χ4v) is 16.4. The van der Waals surface area contributed by atoms with E-state index in [1.165, 1.54) is 111 Å². The lowest BCUT2D eigenvalue weighted by Gasteiger charge is -2.11. The average Bonchev–Trinajstić information content (AvgIpc) is 1.60. The van der Waals surface area contributed by atoms with Crippen molar-refractivity contribution in [2.45, 2.75) is 58.0 Å². The molecule has 8 N–H and O–H groups in total. The number of H-pyrrole nitrogens is 4. The Morgan fingerprint density at radius 2 is 0.714 bits per heavy atom. The number of aromatic nitrogens is 8. The monoisotopic (exact) mass is 1720 g/mol. The number of fused-ring (bicyclic) bond motifs is 12. The fraction of sp³-hybridized carbons (Fsp3) is 0.0989. The van der Waals surface area contributed by atoms with Crippen LogP contribution >= 0.6 is 0 Å². The molecule has 35 heteroatoms. The number of alkyl halides is 4. The number of rotatable bonds is 16. The zero-order chi connectivity index (χ0) is 88.6. The van der Waals surface area contributed by atoms with Gasteiger partial charge in [-0.05, 0) is 176 Å². The van der Waals surface area contributed by atoms with Crippen molar-refractivity contribution in [2.75, 3.05) is 0 Å². The van der Waals surface area contributed by atoms with E-state index in [0.717, 1.165) is 77.4 Å². The van der Waals surface area contributed by atoms with Crippen molar-refractivity contribution in [3.05, 3.63) is 352 Å². The van der Waals surface area contributed by atoms with Crippen molar-refractivity contribution in [3.8, 4) is 67.5 Å². The second-order valence-electron chi connectivity index (χ2n) is 28.9. The van der Waals surface area contributed by atoms with Crippen molar-refractivity contribution >= 4 is 78.5 Å². The number of aryl methyl sites for hydroxylation is 2. The topological polar surface area (TPSA) is 350 Å². The number of carbonyl (C=O) groups is 4. The van der Waals surface area contributed by atoms with E-state index in [1.807, 2.05) is 12.1 Å². The molecule has 1 aliphatic carbocycles. The van der Waals surface area contributed by atoms with Crippen molar-refractivity contribution in [2.24, 2.45) is 0 Å². The number of ether oxygens (including phenoxy) is 4. The summed E-state index contributed by atoms with van der Waals surface area (Å²) in [4.78, 5) is 110. The van der Waals surface area contributed by atoms with Crippen LogP contribution in [0.15, 0.2) is 243 Å². The molecule has 634 valence electrons. The van der Waals surface area contributed by atoms with E-state index in [4.69, 9.17) is 4.42 Å². The Balaban J connectivity index is 0.000000119. The molecule has 0 fully saturated rings. The molecule has 0 saturated heterocycles. The number of carboxylic acids is 4. The maximum Gasteiger partial charge on any atom is 0.586 e. The van der Waals surface area contributed by atoms with Gasteiger partial charge in [0.2, 0.25) is 0 Å². The predicted octanol–water partition coefficient (Wildman–Crippen LogP) is 17.7. The zero-order valence-electron chi connectivity index (χ0n) is 64.4. The van der Waals surface area contributed by atoms with Gasteiger partial charge in [0.25, 0.3) is 22.2 Å². The summed E-state index contributed by atoms with van der Waals surface area (Å²) in [6.07, 6.45) is 1.74. The molecule has 0 spiro atoms. The molecule has 2 aliphatic heterocycles. The predicted molar refractivity (Wildman–Crippen MR) is 436 cm³/mol. The third kappa shape index (κ3) is 14.8. The Morgan fingerprint density at radius 1 is 0.365 bits per heavy atom. The van der Waals surface area contributed by atoms with Gasteiger partial charge in [-0.15, -0.1) is 17.6 Å². The van der Waals surface area contributed by atoms with Crippen molar-refractivity contribution in [3.63, 3.8) is 0 Å². The Hall–Kier alpha value is -16.4. The summed E-state index contributed by atoms with van der Waals surface area (Å²) in [6, 6.07) is 43.7. The normalized spacial score (nSPS) is 13.2. The molecule has 11 heterocycles. The quantitative estimate of drug-likeness (QED) is 0.0417. The number of nitrogens with one attached hydrogen (secondary N) is 4. The maximum absolute atomic E-state index is 14.4. The number of nitrogens with zero attached hydrogens (tertiary/aromatic N) is 4. The zero-order valence-corrected chi connectivity index (χ0v) is 64.4. The number of carboxylic acid groups (broad SMARTS) is 4. The Kier molecular flexibility index (Phi) is 21.0. The molecular formula is C91H58F10N8O17. The number of hydrogen-bond acceptors (Lipinski definition) is 13. The lowest BCUT2D eigenvalue weighted by molar-refractivity contribution is -0.287. The SMILES string of the molecule is O=C(O)c1c(-c2ccc[nH]c2=O)c2c3c(ccc2n1Cc1cc(F)ccc1F)CCC3.O=C(O)c1c(-c2ccc[nH]c2=O)c2c3c(ccc2n1Cc1cc(F)ccc1F)OC(F)(F)O3.O=C(O)c1c(-c2ccc[nH]c2=O)c2c3c(ccc2n1Cc1ccccc1F)OC(F)(F)O3.O=C(O)c1c(-c2ccc[nH]c2=O)c2c3ccoc3ccc2n1Cc1ccccc1F. The van der Waals surface area contributed by atoms with E-state index < -0.39 is 117 Å². The van der Waals surface area contributed by atoms with Crippen LogP contribution < -0.4 is 41.2 Å². The summed E-state index contributed by atoms with van der Waals surface area (Å²) < 4.78 is 170. The molecule has 20 rings (SSSR count). The molecule has 0 saturated carbocycles. The van der Waals surface area contributed by atoms with Crippen LogP contribution in [0.1, 0.15) is 81.8 Å². The highest BCUT2D eigenvalue weighted by Crippen LogP contribution is 2.53. The first-order chi connectivity index (χ1) is 60.4. The van der Waals surface area contributed by atoms with Crippen molar-refractivity contribution < 1.29 is 107 Å². The molecule has 0 atom stereocenters. The number of furan rings is 1. The van der Waals surface area contributed by atoms with Crippen LogP contribution in [0, 0.1) is 34.9 Å². The van der Waals surface area contributed by atoms with Crippen LogP contribution in [0.2, 0.25) is 0 Å². The van der Waals surface area contributed by atoms with Gasteiger partial charge in [0, 0.05) is 96.5 Å².